The zero-order chi connectivity index (χ0) is 12.8. The Labute approximate surface area is 109 Å². The van der Waals surface area contributed by atoms with Crippen LogP contribution in [0.2, 0.25) is 0 Å². The van der Waals surface area contributed by atoms with E-state index in [9.17, 15) is 0 Å². The lowest BCUT2D eigenvalue weighted by Gasteiger charge is -2.06. The first kappa shape index (κ1) is 12.6. The minimum atomic E-state index is 0.790. The third kappa shape index (κ3) is 3.33. The first-order chi connectivity index (χ1) is 8.79. The molecule has 0 unspecified atom stereocenters. The van der Waals surface area contributed by atoms with Crippen molar-refractivity contribution in [2.75, 3.05) is 6.61 Å². The Kier molecular flexibility index (Phi) is 4.35. The van der Waals surface area contributed by atoms with Crippen molar-refractivity contribution >= 4 is 0 Å². The second kappa shape index (κ2) is 6.20. The number of hydrogen-bond donors (Lipinski definition) is 0. The molecule has 2 rings (SSSR count). The molecule has 2 heteroatoms. The first-order valence-electron chi connectivity index (χ1n) is 6.45. The fourth-order valence-electron chi connectivity index (χ4n) is 1.69. The predicted octanol–water partition coefficient (Wildman–Crippen LogP) is 4.24. The summed E-state index contributed by atoms with van der Waals surface area (Å²) in [6, 6.07) is 12.2. The van der Waals surface area contributed by atoms with E-state index < -0.39 is 0 Å². The van der Waals surface area contributed by atoms with E-state index in [1.165, 1.54) is 5.56 Å². The minimum Gasteiger partial charge on any atom is -0.494 e. The third-order valence-corrected chi connectivity index (χ3v) is 2.83. The van der Waals surface area contributed by atoms with Gasteiger partial charge >= 0.3 is 0 Å². The van der Waals surface area contributed by atoms with E-state index in [1.54, 1.807) is 0 Å². The lowest BCUT2D eigenvalue weighted by atomic mass is 10.1. The second-order valence-corrected chi connectivity index (χ2v) is 4.45. The van der Waals surface area contributed by atoms with Crippen molar-refractivity contribution in [3.63, 3.8) is 0 Å². The van der Waals surface area contributed by atoms with Crippen LogP contribution in [0, 0.1) is 6.92 Å². The summed E-state index contributed by atoms with van der Waals surface area (Å²) in [4.78, 5) is 4.41. The number of hydrogen-bond acceptors (Lipinski definition) is 2. The maximum Gasteiger partial charge on any atom is 0.119 e. The molecule has 94 valence electrons. The molecule has 0 atom stereocenters. The SMILES string of the molecule is CCCCOc1ccc(-c2ccc(C)cn2)cc1. The monoisotopic (exact) mass is 241 g/mol. The van der Waals surface area contributed by atoms with Crippen LogP contribution < -0.4 is 4.74 Å². The smallest absolute Gasteiger partial charge is 0.119 e. The Morgan fingerprint density at radius 2 is 1.83 bits per heavy atom. The van der Waals surface area contributed by atoms with Crippen LogP contribution >= 0.6 is 0 Å². The van der Waals surface area contributed by atoms with Crippen LogP contribution in [0.5, 0.6) is 5.75 Å². The molecule has 18 heavy (non-hydrogen) atoms. The number of aryl methyl sites for hydroxylation is 1. The number of unbranched alkanes of at least 4 members (excludes halogenated alkanes) is 1. The maximum atomic E-state index is 5.64. The lowest BCUT2D eigenvalue weighted by molar-refractivity contribution is 0.309. The normalized spacial score (nSPS) is 10.3. The van der Waals surface area contributed by atoms with E-state index in [0.717, 1.165) is 36.5 Å². The van der Waals surface area contributed by atoms with Gasteiger partial charge in [-0.25, -0.2) is 0 Å². The highest BCUT2D eigenvalue weighted by Crippen LogP contribution is 2.20. The van der Waals surface area contributed by atoms with Gasteiger partial charge in [0.05, 0.1) is 12.3 Å². The summed E-state index contributed by atoms with van der Waals surface area (Å²) in [5.41, 5.74) is 3.30. The molecule has 0 saturated carbocycles. The van der Waals surface area contributed by atoms with Crippen LogP contribution in [-0.4, -0.2) is 11.6 Å². The van der Waals surface area contributed by atoms with Crippen molar-refractivity contribution in [1.82, 2.24) is 4.98 Å². The van der Waals surface area contributed by atoms with Crippen molar-refractivity contribution < 1.29 is 4.74 Å². The standard InChI is InChI=1S/C16H19NO/c1-3-4-11-18-15-8-6-14(7-9-15)16-10-5-13(2)12-17-16/h5-10,12H,3-4,11H2,1-2H3. The van der Waals surface area contributed by atoms with Gasteiger partial charge in [-0.05, 0) is 49.2 Å². The molecule has 0 aliphatic heterocycles. The van der Waals surface area contributed by atoms with Gasteiger partial charge in [0.1, 0.15) is 5.75 Å². The quantitative estimate of drug-likeness (QED) is 0.731. The summed E-state index contributed by atoms with van der Waals surface area (Å²) in [6.07, 6.45) is 4.15. The average Bonchev–Trinajstić information content (AvgIpc) is 2.41. The van der Waals surface area contributed by atoms with E-state index >= 15 is 0 Å². The summed E-state index contributed by atoms with van der Waals surface area (Å²) >= 11 is 0. The largest absolute Gasteiger partial charge is 0.494 e. The summed E-state index contributed by atoms with van der Waals surface area (Å²) in [5.74, 6) is 0.930. The van der Waals surface area contributed by atoms with Gasteiger partial charge < -0.3 is 4.74 Å². The van der Waals surface area contributed by atoms with Crippen LogP contribution in [0.25, 0.3) is 11.3 Å². The summed E-state index contributed by atoms with van der Waals surface area (Å²) in [6.45, 7) is 5.00. The molecule has 1 aromatic heterocycles. The number of rotatable bonds is 5. The van der Waals surface area contributed by atoms with E-state index in [0.29, 0.717) is 0 Å². The van der Waals surface area contributed by atoms with Gasteiger partial charge in [0, 0.05) is 11.8 Å². The Bertz CT molecular complexity index is 473. The number of ether oxygens (including phenoxy) is 1. The molecule has 1 heterocycles. The van der Waals surface area contributed by atoms with Gasteiger partial charge in [0.25, 0.3) is 0 Å². The minimum absolute atomic E-state index is 0.790. The van der Waals surface area contributed by atoms with Gasteiger partial charge in [0.2, 0.25) is 0 Å². The number of aromatic nitrogens is 1. The predicted molar refractivity (Wildman–Crippen MR) is 74.8 cm³/mol. The summed E-state index contributed by atoms with van der Waals surface area (Å²) in [7, 11) is 0. The van der Waals surface area contributed by atoms with Gasteiger partial charge in [-0.1, -0.05) is 19.4 Å². The summed E-state index contributed by atoms with van der Waals surface area (Å²) in [5, 5.41) is 0. The van der Waals surface area contributed by atoms with Crippen LogP contribution in [0.1, 0.15) is 25.3 Å². The molecule has 0 bridgehead atoms. The topological polar surface area (TPSA) is 22.1 Å². The van der Waals surface area contributed by atoms with Gasteiger partial charge in [-0.15, -0.1) is 0 Å². The zero-order valence-corrected chi connectivity index (χ0v) is 11.0. The Morgan fingerprint density at radius 3 is 2.44 bits per heavy atom. The highest BCUT2D eigenvalue weighted by atomic mass is 16.5. The lowest BCUT2D eigenvalue weighted by Crippen LogP contribution is -1.96. The molecule has 0 N–H and O–H groups in total. The maximum absolute atomic E-state index is 5.64. The molecule has 0 fully saturated rings. The fourth-order valence-corrected chi connectivity index (χ4v) is 1.69. The van der Waals surface area contributed by atoms with Crippen molar-refractivity contribution in [3.8, 4) is 17.0 Å². The van der Waals surface area contributed by atoms with Crippen molar-refractivity contribution in [3.05, 3.63) is 48.2 Å². The first-order valence-corrected chi connectivity index (χ1v) is 6.45. The van der Waals surface area contributed by atoms with Crippen molar-refractivity contribution in [2.45, 2.75) is 26.7 Å². The highest BCUT2D eigenvalue weighted by Gasteiger charge is 1.99. The number of benzene rings is 1. The molecule has 0 amide bonds. The molecule has 1 aromatic carbocycles. The Morgan fingerprint density at radius 1 is 1.06 bits per heavy atom. The van der Waals surface area contributed by atoms with Crippen LogP contribution in [0.15, 0.2) is 42.6 Å². The second-order valence-electron chi connectivity index (χ2n) is 4.45. The van der Waals surface area contributed by atoms with Crippen molar-refractivity contribution in [1.29, 1.82) is 0 Å². The molecule has 0 saturated heterocycles. The van der Waals surface area contributed by atoms with E-state index in [-0.39, 0.29) is 0 Å². The Balaban J connectivity index is 2.05. The van der Waals surface area contributed by atoms with Gasteiger partial charge in [0.15, 0.2) is 0 Å². The Hall–Kier alpha value is -1.83. The molecule has 2 nitrogen and oxygen atoms in total. The van der Waals surface area contributed by atoms with E-state index in [1.807, 2.05) is 31.3 Å². The highest BCUT2D eigenvalue weighted by molar-refractivity contribution is 5.59. The average molecular weight is 241 g/mol. The molecule has 0 spiro atoms. The van der Waals surface area contributed by atoms with Crippen molar-refractivity contribution in [2.24, 2.45) is 0 Å². The third-order valence-electron chi connectivity index (χ3n) is 2.83. The molecule has 2 aromatic rings. The molecular weight excluding hydrogens is 222 g/mol. The van der Waals surface area contributed by atoms with Crippen LogP contribution in [-0.2, 0) is 0 Å². The van der Waals surface area contributed by atoms with Gasteiger partial charge in [-0.3, -0.25) is 4.98 Å². The van der Waals surface area contributed by atoms with Gasteiger partial charge in [-0.2, -0.15) is 0 Å². The molecular formula is C16H19NO. The molecule has 0 aliphatic carbocycles. The fraction of sp³-hybridized carbons (Fsp3) is 0.312. The van der Waals surface area contributed by atoms with E-state index in [2.05, 4.69) is 30.1 Å². The van der Waals surface area contributed by atoms with Crippen LogP contribution in [0.3, 0.4) is 0 Å². The zero-order valence-electron chi connectivity index (χ0n) is 11.0. The number of nitrogens with zero attached hydrogens (tertiary/aromatic N) is 1. The molecule has 0 radical (unpaired) electrons. The van der Waals surface area contributed by atoms with Crippen LogP contribution in [0.4, 0.5) is 0 Å². The van der Waals surface area contributed by atoms with E-state index in [4.69, 9.17) is 4.74 Å². The summed E-state index contributed by atoms with van der Waals surface area (Å²) < 4.78 is 5.64. The molecule has 0 aliphatic rings. The number of pyridine rings is 1.